The van der Waals surface area contributed by atoms with Crippen LogP contribution in [0.1, 0.15) is 49.7 Å². The lowest BCUT2D eigenvalue weighted by Crippen LogP contribution is -2.52. The molecule has 236 valence electrons. The van der Waals surface area contributed by atoms with Crippen molar-refractivity contribution in [2.45, 2.75) is 63.6 Å². The molecule has 0 saturated heterocycles. The highest BCUT2D eigenvalue weighted by Crippen LogP contribution is 2.29. The molecular formula is C33H39Cl2N3O5S. The van der Waals surface area contributed by atoms with Crippen LogP contribution in [0.15, 0.2) is 72.8 Å². The van der Waals surface area contributed by atoms with E-state index in [-0.39, 0.29) is 43.8 Å². The van der Waals surface area contributed by atoms with Crippen molar-refractivity contribution in [2.75, 3.05) is 24.2 Å². The summed E-state index contributed by atoms with van der Waals surface area (Å²) in [7, 11) is -2.14. The van der Waals surface area contributed by atoms with Crippen LogP contribution in [-0.2, 0) is 32.6 Å². The molecule has 0 heterocycles. The fraction of sp³-hybridized carbons (Fsp3) is 0.394. The van der Waals surface area contributed by atoms with Crippen LogP contribution in [0.4, 0.5) is 5.69 Å². The molecule has 44 heavy (non-hydrogen) atoms. The number of nitrogens with zero attached hydrogens (tertiary/aromatic N) is 2. The van der Waals surface area contributed by atoms with E-state index >= 15 is 0 Å². The van der Waals surface area contributed by atoms with Crippen molar-refractivity contribution in [3.63, 3.8) is 0 Å². The summed E-state index contributed by atoms with van der Waals surface area (Å²) in [4.78, 5) is 29.5. The molecule has 3 aromatic carbocycles. The van der Waals surface area contributed by atoms with Crippen molar-refractivity contribution in [3.8, 4) is 5.75 Å². The molecule has 0 bridgehead atoms. The van der Waals surface area contributed by atoms with Gasteiger partial charge in [-0.3, -0.25) is 13.9 Å². The van der Waals surface area contributed by atoms with E-state index in [4.69, 9.17) is 27.9 Å². The first-order valence-electron chi connectivity index (χ1n) is 14.7. The number of sulfonamides is 1. The van der Waals surface area contributed by atoms with Gasteiger partial charge in [-0.05, 0) is 49.1 Å². The monoisotopic (exact) mass is 659 g/mol. The number of nitrogens with one attached hydrogen (secondary N) is 1. The van der Waals surface area contributed by atoms with E-state index in [1.54, 1.807) is 47.4 Å². The third-order valence-corrected chi connectivity index (χ3v) is 9.76. The predicted octanol–water partition coefficient (Wildman–Crippen LogP) is 6.25. The zero-order valence-corrected chi connectivity index (χ0v) is 27.4. The van der Waals surface area contributed by atoms with Gasteiger partial charge in [0.1, 0.15) is 11.8 Å². The number of ether oxygens (including phenoxy) is 1. The van der Waals surface area contributed by atoms with Gasteiger partial charge < -0.3 is 15.0 Å². The van der Waals surface area contributed by atoms with Gasteiger partial charge in [0.25, 0.3) is 0 Å². The van der Waals surface area contributed by atoms with Gasteiger partial charge in [-0.2, -0.15) is 0 Å². The first-order chi connectivity index (χ1) is 21.1. The maximum absolute atomic E-state index is 14.1. The number of hydrogen-bond donors (Lipinski definition) is 1. The highest BCUT2D eigenvalue weighted by molar-refractivity contribution is 7.92. The Bertz CT molecular complexity index is 1510. The molecule has 0 aromatic heterocycles. The Kier molecular flexibility index (Phi) is 11.9. The summed E-state index contributed by atoms with van der Waals surface area (Å²) >= 11 is 13.1. The van der Waals surface area contributed by atoms with Crippen molar-refractivity contribution in [2.24, 2.45) is 0 Å². The van der Waals surface area contributed by atoms with E-state index in [2.05, 4.69) is 5.32 Å². The van der Waals surface area contributed by atoms with Gasteiger partial charge in [0.2, 0.25) is 21.8 Å². The molecule has 0 unspecified atom stereocenters. The number of carbonyl (C=O) groups excluding carboxylic acids is 2. The van der Waals surface area contributed by atoms with Gasteiger partial charge in [-0.15, -0.1) is 0 Å². The molecule has 2 amide bonds. The van der Waals surface area contributed by atoms with E-state index in [0.717, 1.165) is 37.5 Å². The van der Waals surface area contributed by atoms with E-state index in [1.165, 1.54) is 11.4 Å². The zero-order valence-electron chi connectivity index (χ0n) is 25.0. The SMILES string of the molecule is COc1cccc(N(CCCC(=O)N(Cc2c(Cl)cccc2Cl)[C@@H](Cc2ccccc2)C(=O)NC2CCCC2)S(C)(=O)=O)c1. The Morgan fingerprint density at radius 2 is 1.64 bits per heavy atom. The number of carbonyl (C=O) groups is 2. The van der Waals surface area contributed by atoms with Crippen LogP contribution >= 0.6 is 23.2 Å². The van der Waals surface area contributed by atoms with Crippen LogP contribution in [0.3, 0.4) is 0 Å². The Hall–Kier alpha value is -3.27. The minimum absolute atomic E-state index is 0.0000579. The van der Waals surface area contributed by atoms with Crippen molar-refractivity contribution < 1.29 is 22.7 Å². The summed E-state index contributed by atoms with van der Waals surface area (Å²) < 4.78 is 32.0. The van der Waals surface area contributed by atoms with Gasteiger partial charge in [0, 0.05) is 53.6 Å². The number of amides is 2. The lowest BCUT2D eigenvalue weighted by molar-refractivity contribution is -0.141. The second kappa shape index (κ2) is 15.6. The van der Waals surface area contributed by atoms with Gasteiger partial charge in [-0.1, -0.05) is 78.5 Å². The van der Waals surface area contributed by atoms with Crippen molar-refractivity contribution in [1.29, 1.82) is 0 Å². The lowest BCUT2D eigenvalue weighted by Gasteiger charge is -2.33. The molecule has 11 heteroatoms. The second-order valence-electron chi connectivity index (χ2n) is 11.1. The number of benzene rings is 3. The predicted molar refractivity (Wildman–Crippen MR) is 176 cm³/mol. The summed E-state index contributed by atoms with van der Waals surface area (Å²) in [6.45, 7) is 0.0919. The third-order valence-electron chi connectivity index (χ3n) is 7.86. The fourth-order valence-electron chi connectivity index (χ4n) is 5.54. The minimum atomic E-state index is -3.65. The van der Waals surface area contributed by atoms with Gasteiger partial charge in [0.05, 0.1) is 19.1 Å². The van der Waals surface area contributed by atoms with Gasteiger partial charge in [-0.25, -0.2) is 8.42 Å². The standard InChI is InChI=1S/C33H39Cl2N3O5S/c1-43-27-16-8-15-26(22-27)38(44(2,41)42)20-10-19-32(39)37(23-28-29(34)17-9-18-30(28)35)31(21-24-11-4-3-5-12-24)33(40)36-25-13-6-7-14-25/h3-5,8-9,11-12,15-18,22,25,31H,6-7,10,13-14,19-21,23H2,1-2H3,(H,36,40)/t31-/m0/s1. The van der Waals surface area contributed by atoms with Crippen molar-refractivity contribution in [1.82, 2.24) is 10.2 Å². The van der Waals surface area contributed by atoms with Crippen LogP contribution in [0, 0.1) is 0 Å². The van der Waals surface area contributed by atoms with Crippen molar-refractivity contribution >= 4 is 50.7 Å². The largest absolute Gasteiger partial charge is 0.497 e. The maximum atomic E-state index is 14.1. The average molecular weight is 661 g/mol. The van der Waals surface area contributed by atoms with Crippen LogP contribution in [0.2, 0.25) is 10.0 Å². The fourth-order valence-corrected chi connectivity index (χ4v) is 7.02. The smallest absolute Gasteiger partial charge is 0.243 e. The zero-order chi connectivity index (χ0) is 31.7. The molecular weight excluding hydrogens is 621 g/mol. The summed E-state index contributed by atoms with van der Waals surface area (Å²) in [6.07, 6.45) is 5.56. The first kappa shape index (κ1) is 33.6. The van der Waals surface area contributed by atoms with Gasteiger partial charge >= 0.3 is 0 Å². The Balaban J connectivity index is 1.62. The van der Waals surface area contributed by atoms with Crippen LogP contribution in [-0.4, -0.2) is 57.1 Å². The number of anilines is 1. The molecule has 1 atom stereocenters. The first-order valence-corrected chi connectivity index (χ1v) is 17.4. The van der Waals surface area contributed by atoms with Crippen LogP contribution in [0.5, 0.6) is 5.75 Å². The van der Waals surface area contributed by atoms with E-state index in [9.17, 15) is 18.0 Å². The summed E-state index contributed by atoms with van der Waals surface area (Å²) in [6, 6.07) is 20.7. The Morgan fingerprint density at radius 3 is 2.27 bits per heavy atom. The number of hydrogen-bond acceptors (Lipinski definition) is 5. The third kappa shape index (κ3) is 9.13. The second-order valence-corrected chi connectivity index (χ2v) is 13.8. The summed E-state index contributed by atoms with van der Waals surface area (Å²) in [5, 5.41) is 3.97. The average Bonchev–Trinajstić information content (AvgIpc) is 3.51. The molecule has 1 aliphatic carbocycles. The van der Waals surface area contributed by atoms with Crippen LogP contribution in [0.25, 0.3) is 0 Å². The molecule has 4 rings (SSSR count). The van der Waals surface area contributed by atoms with E-state index in [0.29, 0.717) is 33.5 Å². The summed E-state index contributed by atoms with van der Waals surface area (Å²) in [5.74, 6) is -0.0129. The number of halogens is 2. The minimum Gasteiger partial charge on any atom is -0.497 e. The van der Waals surface area contributed by atoms with Crippen LogP contribution < -0.4 is 14.4 Å². The Morgan fingerprint density at radius 1 is 0.977 bits per heavy atom. The van der Waals surface area contributed by atoms with Gasteiger partial charge in [0.15, 0.2) is 0 Å². The number of methoxy groups -OCH3 is 1. The maximum Gasteiger partial charge on any atom is 0.243 e. The summed E-state index contributed by atoms with van der Waals surface area (Å²) in [5.41, 5.74) is 1.89. The number of rotatable bonds is 14. The topological polar surface area (TPSA) is 96.0 Å². The van der Waals surface area contributed by atoms with E-state index < -0.39 is 16.1 Å². The lowest BCUT2D eigenvalue weighted by atomic mass is 10.0. The quantitative estimate of drug-likeness (QED) is 0.221. The van der Waals surface area contributed by atoms with Crippen molar-refractivity contribution in [3.05, 3.63) is 94.0 Å². The highest BCUT2D eigenvalue weighted by Gasteiger charge is 2.33. The molecule has 8 nitrogen and oxygen atoms in total. The molecule has 1 fully saturated rings. The molecule has 0 radical (unpaired) electrons. The highest BCUT2D eigenvalue weighted by atomic mass is 35.5. The molecule has 3 aromatic rings. The Labute approximate surface area is 270 Å². The van der Waals surface area contributed by atoms with E-state index in [1.807, 2.05) is 30.3 Å². The normalized spacial score (nSPS) is 14.2. The molecule has 1 aliphatic rings. The molecule has 1 saturated carbocycles. The molecule has 1 N–H and O–H groups in total. The molecule has 0 aliphatic heterocycles. The molecule has 0 spiro atoms.